The van der Waals surface area contributed by atoms with Gasteiger partial charge in [0, 0.05) is 24.3 Å². The number of aliphatic hydroxyl groups excluding tert-OH is 1. The maximum Gasteiger partial charge on any atom is 0.103 e. The standard InChI is InChI=1S/C12H16N2OS/c13-12(16)9-1-3-10(4-2-9)14-7-5-11(15)6-8-14/h1-4,11,15H,5-8H2,(H2,13,16). The smallest absolute Gasteiger partial charge is 0.103 e. The average molecular weight is 236 g/mol. The summed E-state index contributed by atoms with van der Waals surface area (Å²) in [5.74, 6) is 0. The van der Waals surface area contributed by atoms with Crippen LogP contribution in [0.5, 0.6) is 0 Å². The van der Waals surface area contributed by atoms with Crippen LogP contribution in [0.3, 0.4) is 0 Å². The number of rotatable bonds is 2. The van der Waals surface area contributed by atoms with Gasteiger partial charge in [0.05, 0.1) is 6.10 Å². The predicted molar refractivity (Wildman–Crippen MR) is 69.8 cm³/mol. The van der Waals surface area contributed by atoms with E-state index in [0.29, 0.717) is 4.99 Å². The third-order valence-electron chi connectivity index (χ3n) is 2.98. The topological polar surface area (TPSA) is 49.5 Å². The fraction of sp³-hybridized carbons (Fsp3) is 0.417. The summed E-state index contributed by atoms with van der Waals surface area (Å²) in [5, 5.41) is 9.43. The first-order valence-electron chi connectivity index (χ1n) is 5.49. The lowest BCUT2D eigenvalue weighted by Crippen LogP contribution is -2.35. The first kappa shape index (κ1) is 11.4. The largest absolute Gasteiger partial charge is 0.393 e. The van der Waals surface area contributed by atoms with Gasteiger partial charge in [-0.3, -0.25) is 0 Å². The van der Waals surface area contributed by atoms with Crippen LogP contribution in [0.2, 0.25) is 0 Å². The molecule has 2 rings (SSSR count). The SMILES string of the molecule is NC(=S)c1ccc(N2CCC(O)CC2)cc1. The van der Waals surface area contributed by atoms with Crippen molar-refractivity contribution in [3.63, 3.8) is 0 Å². The minimum Gasteiger partial charge on any atom is -0.393 e. The van der Waals surface area contributed by atoms with E-state index in [4.69, 9.17) is 18.0 Å². The number of anilines is 1. The summed E-state index contributed by atoms with van der Waals surface area (Å²) in [6.07, 6.45) is 1.56. The summed E-state index contributed by atoms with van der Waals surface area (Å²) < 4.78 is 0. The zero-order valence-corrected chi connectivity index (χ0v) is 9.91. The monoisotopic (exact) mass is 236 g/mol. The third-order valence-corrected chi connectivity index (χ3v) is 3.22. The van der Waals surface area contributed by atoms with Crippen LogP contribution in [0, 0.1) is 0 Å². The fourth-order valence-electron chi connectivity index (χ4n) is 1.96. The lowest BCUT2D eigenvalue weighted by atomic mass is 10.1. The van der Waals surface area contributed by atoms with Crippen molar-refractivity contribution in [2.75, 3.05) is 18.0 Å². The number of hydrogen-bond donors (Lipinski definition) is 2. The maximum atomic E-state index is 9.43. The Bertz CT molecular complexity index is 369. The molecule has 3 nitrogen and oxygen atoms in total. The van der Waals surface area contributed by atoms with Gasteiger partial charge in [-0.1, -0.05) is 12.2 Å². The molecule has 0 aromatic heterocycles. The van der Waals surface area contributed by atoms with Gasteiger partial charge in [-0.15, -0.1) is 0 Å². The number of nitrogens with two attached hydrogens (primary N) is 1. The molecule has 1 aliphatic heterocycles. The Morgan fingerprint density at radius 3 is 2.31 bits per heavy atom. The Labute approximate surface area is 101 Å². The molecule has 1 fully saturated rings. The van der Waals surface area contributed by atoms with Crippen LogP contribution in [0.4, 0.5) is 5.69 Å². The summed E-state index contributed by atoms with van der Waals surface area (Å²) >= 11 is 4.91. The number of benzene rings is 1. The van der Waals surface area contributed by atoms with Gasteiger partial charge in [0.2, 0.25) is 0 Å². The molecule has 16 heavy (non-hydrogen) atoms. The summed E-state index contributed by atoms with van der Waals surface area (Å²) in [5.41, 5.74) is 7.62. The molecule has 1 aromatic carbocycles. The summed E-state index contributed by atoms with van der Waals surface area (Å²) in [6, 6.07) is 7.96. The number of piperidine rings is 1. The highest BCUT2D eigenvalue weighted by atomic mass is 32.1. The van der Waals surface area contributed by atoms with Gasteiger partial charge in [-0.25, -0.2) is 0 Å². The molecule has 1 aromatic rings. The second-order valence-corrected chi connectivity index (χ2v) is 4.57. The first-order valence-corrected chi connectivity index (χ1v) is 5.90. The molecule has 0 spiro atoms. The lowest BCUT2D eigenvalue weighted by molar-refractivity contribution is 0.145. The Morgan fingerprint density at radius 1 is 1.25 bits per heavy atom. The molecule has 0 aliphatic carbocycles. The maximum absolute atomic E-state index is 9.43. The Kier molecular flexibility index (Phi) is 3.41. The quantitative estimate of drug-likeness (QED) is 0.760. The Hall–Kier alpha value is -1.13. The zero-order chi connectivity index (χ0) is 11.5. The van der Waals surface area contributed by atoms with Crippen LogP contribution >= 0.6 is 12.2 Å². The van der Waals surface area contributed by atoms with E-state index in [1.807, 2.05) is 24.3 Å². The Balaban J connectivity index is 2.07. The van der Waals surface area contributed by atoms with Crippen molar-refractivity contribution < 1.29 is 5.11 Å². The van der Waals surface area contributed by atoms with Gasteiger partial charge >= 0.3 is 0 Å². The average Bonchev–Trinajstić information content (AvgIpc) is 2.30. The summed E-state index contributed by atoms with van der Waals surface area (Å²) in [4.78, 5) is 2.71. The normalized spacial score (nSPS) is 17.4. The minimum absolute atomic E-state index is 0.132. The highest BCUT2D eigenvalue weighted by molar-refractivity contribution is 7.80. The molecule has 0 bridgehead atoms. The minimum atomic E-state index is -0.132. The van der Waals surface area contributed by atoms with E-state index < -0.39 is 0 Å². The number of nitrogens with zero attached hydrogens (tertiary/aromatic N) is 1. The molecule has 1 aliphatic rings. The van der Waals surface area contributed by atoms with Crippen LogP contribution in [0.15, 0.2) is 24.3 Å². The van der Waals surface area contributed by atoms with Crippen molar-refractivity contribution in [3.05, 3.63) is 29.8 Å². The van der Waals surface area contributed by atoms with Gasteiger partial charge in [0.15, 0.2) is 0 Å². The van der Waals surface area contributed by atoms with Crippen molar-refractivity contribution in [2.24, 2.45) is 5.73 Å². The van der Waals surface area contributed by atoms with Gasteiger partial charge in [-0.05, 0) is 37.1 Å². The first-order chi connectivity index (χ1) is 7.66. The molecule has 3 N–H and O–H groups in total. The van der Waals surface area contributed by atoms with Crippen LogP contribution in [0.25, 0.3) is 0 Å². The third kappa shape index (κ3) is 2.51. The number of thiocarbonyl (C=S) groups is 1. The molecular formula is C12H16N2OS. The molecule has 86 valence electrons. The van der Waals surface area contributed by atoms with Gasteiger partial charge in [0.25, 0.3) is 0 Å². The second kappa shape index (κ2) is 4.80. The highest BCUT2D eigenvalue weighted by Crippen LogP contribution is 2.20. The predicted octanol–water partition coefficient (Wildman–Crippen LogP) is 1.28. The lowest BCUT2D eigenvalue weighted by Gasteiger charge is -2.31. The molecule has 0 saturated carbocycles. The van der Waals surface area contributed by atoms with Crippen molar-refractivity contribution in [1.29, 1.82) is 0 Å². The molecule has 0 unspecified atom stereocenters. The van der Waals surface area contributed by atoms with Crippen molar-refractivity contribution in [1.82, 2.24) is 0 Å². The van der Waals surface area contributed by atoms with E-state index in [2.05, 4.69) is 4.90 Å². The van der Waals surface area contributed by atoms with Gasteiger partial charge in [0.1, 0.15) is 4.99 Å². The van der Waals surface area contributed by atoms with Crippen LogP contribution < -0.4 is 10.6 Å². The highest BCUT2D eigenvalue weighted by Gasteiger charge is 2.16. The van der Waals surface area contributed by atoms with E-state index in [-0.39, 0.29) is 6.10 Å². The zero-order valence-electron chi connectivity index (χ0n) is 9.10. The molecule has 0 amide bonds. The van der Waals surface area contributed by atoms with E-state index in [1.54, 1.807) is 0 Å². The van der Waals surface area contributed by atoms with Crippen LogP contribution in [-0.2, 0) is 0 Å². The van der Waals surface area contributed by atoms with Crippen LogP contribution in [-0.4, -0.2) is 29.3 Å². The van der Waals surface area contributed by atoms with Gasteiger partial charge in [-0.2, -0.15) is 0 Å². The number of aliphatic hydroxyl groups is 1. The molecule has 4 heteroatoms. The van der Waals surface area contributed by atoms with E-state index in [1.165, 1.54) is 5.69 Å². The van der Waals surface area contributed by atoms with E-state index in [0.717, 1.165) is 31.5 Å². The molecule has 0 radical (unpaired) electrons. The molecule has 1 heterocycles. The van der Waals surface area contributed by atoms with Gasteiger partial charge < -0.3 is 15.7 Å². The fourth-order valence-corrected chi connectivity index (χ4v) is 2.10. The van der Waals surface area contributed by atoms with Crippen molar-refractivity contribution >= 4 is 22.9 Å². The second-order valence-electron chi connectivity index (χ2n) is 4.13. The van der Waals surface area contributed by atoms with Crippen molar-refractivity contribution in [2.45, 2.75) is 18.9 Å². The summed E-state index contributed by atoms with van der Waals surface area (Å²) in [7, 11) is 0. The summed E-state index contributed by atoms with van der Waals surface area (Å²) in [6.45, 7) is 1.82. The molecular weight excluding hydrogens is 220 g/mol. The van der Waals surface area contributed by atoms with Crippen molar-refractivity contribution in [3.8, 4) is 0 Å². The number of hydrogen-bond acceptors (Lipinski definition) is 3. The van der Waals surface area contributed by atoms with Crippen LogP contribution in [0.1, 0.15) is 18.4 Å². The molecule has 0 atom stereocenters. The molecule has 1 saturated heterocycles. The van der Waals surface area contributed by atoms with E-state index >= 15 is 0 Å². The Morgan fingerprint density at radius 2 is 1.81 bits per heavy atom. The van der Waals surface area contributed by atoms with E-state index in [9.17, 15) is 5.11 Å².